The second-order valence-corrected chi connectivity index (χ2v) is 7.45. The third-order valence-corrected chi connectivity index (χ3v) is 5.29. The first-order chi connectivity index (χ1) is 13.6. The maximum atomic E-state index is 12.5. The average molecular weight is 375 g/mol. The van der Waals surface area contributed by atoms with E-state index in [0.29, 0.717) is 18.9 Å². The van der Waals surface area contributed by atoms with Crippen LogP contribution in [0.5, 0.6) is 5.75 Å². The van der Waals surface area contributed by atoms with Crippen LogP contribution in [0.15, 0.2) is 64.0 Å². The largest absolute Gasteiger partial charge is 0.482 e. The molecule has 3 aromatic rings. The lowest BCUT2D eigenvalue weighted by Gasteiger charge is -2.30. The molecule has 0 bridgehead atoms. The highest BCUT2D eigenvalue weighted by Crippen LogP contribution is 2.28. The number of anilines is 1. The molecule has 0 saturated heterocycles. The number of para-hydroxylation sites is 1. The van der Waals surface area contributed by atoms with Crippen molar-refractivity contribution in [3.05, 3.63) is 93.0 Å². The van der Waals surface area contributed by atoms with Crippen LogP contribution in [0.25, 0.3) is 0 Å². The van der Waals surface area contributed by atoms with E-state index in [9.17, 15) is 4.79 Å². The summed E-state index contributed by atoms with van der Waals surface area (Å²) in [5, 5.41) is 0. The molecule has 0 amide bonds. The second-order valence-electron chi connectivity index (χ2n) is 7.45. The molecule has 2 aromatic carbocycles. The zero-order valence-electron chi connectivity index (χ0n) is 16.4. The smallest absolute Gasteiger partial charge is 0.227 e. The van der Waals surface area contributed by atoms with Gasteiger partial charge in [-0.25, -0.2) is 0 Å². The van der Waals surface area contributed by atoms with E-state index in [1.54, 1.807) is 6.07 Å². The lowest BCUT2D eigenvalue weighted by Crippen LogP contribution is -2.29. The minimum Gasteiger partial charge on any atom is -0.482 e. The molecule has 1 aromatic heterocycles. The number of rotatable bonds is 5. The first kappa shape index (κ1) is 18.4. The van der Waals surface area contributed by atoms with Crippen molar-refractivity contribution in [1.29, 1.82) is 0 Å². The van der Waals surface area contributed by atoms with Crippen LogP contribution in [0.4, 0.5) is 5.69 Å². The molecule has 4 nitrogen and oxygen atoms in total. The highest BCUT2D eigenvalue weighted by molar-refractivity contribution is 5.55. The molecule has 0 saturated carbocycles. The maximum absolute atomic E-state index is 12.5. The third kappa shape index (κ3) is 3.96. The highest BCUT2D eigenvalue weighted by atomic mass is 16.5. The SMILES string of the molecule is Cc1ccc(C)c(COc2coc(CN3CCCc4ccccc43)cc2=O)c1. The summed E-state index contributed by atoms with van der Waals surface area (Å²) >= 11 is 0. The second kappa shape index (κ2) is 7.93. The van der Waals surface area contributed by atoms with Crippen LogP contribution in [0.3, 0.4) is 0 Å². The molecule has 0 radical (unpaired) electrons. The lowest BCUT2D eigenvalue weighted by molar-refractivity contribution is 0.288. The van der Waals surface area contributed by atoms with Gasteiger partial charge in [-0.15, -0.1) is 0 Å². The Hall–Kier alpha value is -3.01. The Morgan fingerprint density at radius 3 is 2.82 bits per heavy atom. The Kier molecular flexibility index (Phi) is 5.20. The zero-order valence-corrected chi connectivity index (χ0v) is 16.4. The van der Waals surface area contributed by atoms with Crippen molar-refractivity contribution in [3.63, 3.8) is 0 Å². The molecule has 144 valence electrons. The number of benzene rings is 2. The van der Waals surface area contributed by atoms with Crippen molar-refractivity contribution in [2.75, 3.05) is 11.4 Å². The summed E-state index contributed by atoms with van der Waals surface area (Å²) in [7, 11) is 0. The van der Waals surface area contributed by atoms with E-state index in [1.807, 2.05) is 13.8 Å². The normalized spacial score (nSPS) is 13.3. The monoisotopic (exact) mass is 375 g/mol. The summed E-state index contributed by atoms with van der Waals surface area (Å²) in [6.07, 6.45) is 3.65. The molecule has 1 aliphatic heterocycles. The fourth-order valence-corrected chi connectivity index (χ4v) is 3.70. The predicted octanol–water partition coefficient (Wildman–Crippen LogP) is 4.79. The van der Waals surface area contributed by atoms with Gasteiger partial charge in [0.1, 0.15) is 18.6 Å². The Morgan fingerprint density at radius 1 is 1.11 bits per heavy atom. The van der Waals surface area contributed by atoms with Gasteiger partial charge in [0, 0.05) is 18.3 Å². The highest BCUT2D eigenvalue weighted by Gasteiger charge is 2.17. The molecular formula is C24H25NO3. The van der Waals surface area contributed by atoms with Crippen molar-refractivity contribution in [2.24, 2.45) is 0 Å². The van der Waals surface area contributed by atoms with Crippen molar-refractivity contribution in [3.8, 4) is 5.75 Å². The van der Waals surface area contributed by atoms with Gasteiger partial charge in [0.05, 0.1) is 6.54 Å². The van der Waals surface area contributed by atoms with Gasteiger partial charge in [0.25, 0.3) is 0 Å². The Morgan fingerprint density at radius 2 is 1.96 bits per heavy atom. The van der Waals surface area contributed by atoms with Gasteiger partial charge in [0.2, 0.25) is 11.2 Å². The van der Waals surface area contributed by atoms with Crippen LogP contribution in [-0.4, -0.2) is 6.54 Å². The Bertz CT molecular complexity index is 1040. The number of hydrogen-bond acceptors (Lipinski definition) is 4. The van der Waals surface area contributed by atoms with Gasteiger partial charge >= 0.3 is 0 Å². The summed E-state index contributed by atoms with van der Waals surface area (Å²) in [5.74, 6) is 0.907. The van der Waals surface area contributed by atoms with Crippen LogP contribution < -0.4 is 15.1 Å². The van der Waals surface area contributed by atoms with Gasteiger partial charge in [-0.3, -0.25) is 4.79 Å². The number of nitrogens with zero attached hydrogens (tertiary/aromatic N) is 1. The van der Waals surface area contributed by atoms with Crippen molar-refractivity contribution < 1.29 is 9.15 Å². The molecule has 0 unspecified atom stereocenters. The van der Waals surface area contributed by atoms with Crippen molar-refractivity contribution in [2.45, 2.75) is 39.8 Å². The molecule has 1 aliphatic rings. The predicted molar refractivity (Wildman–Crippen MR) is 111 cm³/mol. The molecule has 2 heterocycles. The number of hydrogen-bond donors (Lipinski definition) is 0. The third-order valence-electron chi connectivity index (χ3n) is 5.29. The molecule has 0 fully saturated rings. The Labute approximate surface area is 165 Å². The van der Waals surface area contributed by atoms with Crippen molar-refractivity contribution >= 4 is 5.69 Å². The van der Waals surface area contributed by atoms with E-state index in [0.717, 1.165) is 30.5 Å². The molecular weight excluding hydrogens is 350 g/mol. The van der Waals surface area contributed by atoms with Crippen molar-refractivity contribution in [1.82, 2.24) is 0 Å². The molecule has 28 heavy (non-hydrogen) atoms. The number of aryl methyl sites for hydroxylation is 3. The van der Waals surface area contributed by atoms with Gasteiger partial charge in [-0.05, 0) is 49.4 Å². The molecule has 0 aliphatic carbocycles. The molecule has 4 heteroatoms. The topological polar surface area (TPSA) is 42.7 Å². The molecule has 0 spiro atoms. The summed E-state index contributed by atoms with van der Waals surface area (Å²) in [6, 6.07) is 16.2. The van der Waals surface area contributed by atoms with Crippen LogP contribution >= 0.6 is 0 Å². The average Bonchev–Trinajstić information content (AvgIpc) is 2.70. The van der Waals surface area contributed by atoms with Gasteiger partial charge in [-0.1, -0.05) is 42.0 Å². The maximum Gasteiger partial charge on any atom is 0.227 e. The fourth-order valence-electron chi connectivity index (χ4n) is 3.70. The molecule has 4 rings (SSSR count). The van der Waals surface area contributed by atoms with Gasteiger partial charge in [-0.2, -0.15) is 0 Å². The fraction of sp³-hybridized carbons (Fsp3) is 0.292. The number of fused-ring (bicyclic) bond motifs is 1. The first-order valence-electron chi connectivity index (χ1n) is 9.73. The van der Waals surface area contributed by atoms with Crippen LogP contribution in [0.2, 0.25) is 0 Å². The number of ether oxygens (including phenoxy) is 1. The van der Waals surface area contributed by atoms with Crippen LogP contribution in [0, 0.1) is 13.8 Å². The summed E-state index contributed by atoms with van der Waals surface area (Å²) in [6.45, 7) is 6.00. The van der Waals surface area contributed by atoms with E-state index in [1.165, 1.54) is 23.1 Å². The summed E-state index contributed by atoms with van der Waals surface area (Å²) in [5.41, 5.74) is 5.84. The Balaban J connectivity index is 1.47. The summed E-state index contributed by atoms with van der Waals surface area (Å²) in [4.78, 5) is 14.8. The van der Waals surface area contributed by atoms with E-state index < -0.39 is 0 Å². The minimum atomic E-state index is -0.142. The zero-order chi connectivity index (χ0) is 19.5. The van der Waals surface area contributed by atoms with E-state index in [2.05, 4.69) is 47.4 Å². The van der Waals surface area contributed by atoms with E-state index in [4.69, 9.17) is 9.15 Å². The minimum absolute atomic E-state index is 0.142. The molecule has 0 atom stereocenters. The van der Waals surface area contributed by atoms with E-state index >= 15 is 0 Å². The standard InChI is InChI=1S/C24H25NO3/c1-17-9-10-18(2)20(12-17)15-28-24-16-27-21(13-23(24)26)14-25-11-5-7-19-6-3-4-8-22(19)25/h3-4,6,8-10,12-13,16H,5,7,11,14-15H2,1-2H3. The van der Waals surface area contributed by atoms with Crippen LogP contribution in [-0.2, 0) is 19.6 Å². The summed E-state index contributed by atoms with van der Waals surface area (Å²) < 4.78 is 11.5. The molecule has 0 N–H and O–H groups in total. The van der Waals surface area contributed by atoms with Crippen LogP contribution in [0.1, 0.15) is 34.4 Å². The van der Waals surface area contributed by atoms with E-state index in [-0.39, 0.29) is 11.2 Å². The lowest BCUT2D eigenvalue weighted by atomic mass is 10.0. The van der Waals surface area contributed by atoms with Gasteiger partial charge < -0.3 is 14.1 Å². The van der Waals surface area contributed by atoms with Gasteiger partial charge in [0.15, 0.2) is 0 Å². The quantitative estimate of drug-likeness (QED) is 0.643. The first-order valence-corrected chi connectivity index (χ1v) is 9.73.